The van der Waals surface area contributed by atoms with E-state index in [0.717, 1.165) is 0 Å². The lowest BCUT2D eigenvalue weighted by atomic mass is 10.1. The molecule has 0 aliphatic rings. The van der Waals surface area contributed by atoms with Gasteiger partial charge in [0.2, 0.25) is 0 Å². The summed E-state index contributed by atoms with van der Waals surface area (Å²) >= 11 is 0. The molecule has 29 heavy (non-hydrogen) atoms. The SMILES string of the molecule is O=S(=O)(O)c1c(C=Cc2ccccc2)ccc(Nc2ccnnn2)c1S(=O)(=O)O. The fraction of sp³-hybridized carbons (Fsp3) is 0. The van der Waals surface area contributed by atoms with Crippen molar-refractivity contribution >= 4 is 43.9 Å². The van der Waals surface area contributed by atoms with Crippen LogP contribution in [0.2, 0.25) is 0 Å². The van der Waals surface area contributed by atoms with E-state index in [1.807, 2.05) is 0 Å². The Kier molecular flexibility index (Phi) is 5.70. The van der Waals surface area contributed by atoms with Crippen LogP contribution in [0.25, 0.3) is 12.2 Å². The summed E-state index contributed by atoms with van der Waals surface area (Å²) in [5.41, 5.74) is 0.240. The molecule has 0 aliphatic carbocycles. The number of anilines is 2. The highest BCUT2D eigenvalue weighted by Crippen LogP contribution is 2.34. The van der Waals surface area contributed by atoms with Gasteiger partial charge >= 0.3 is 0 Å². The number of hydrogen-bond donors (Lipinski definition) is 3. The van der Waals surface area contributed by atoms with Crippen LogP contribution in [-0.2, 0) is 20.2 Å². The van der Waals surface area contributed by atoms with Crippen LogP contribution in [0.1, 0.15) is 11.1 Å². The van der Waals surface area contributed by atoms with Gasteiger partial charge in [0.1, 0.15) is 9.79 Å². The number of aromatic nitrogens is 3. The Morgan fingerprint density at radius 2 is 1.52 bits per heavy atom. The zero-order valence-corrected chi connectivity index (χ0v) is 16.2. The zero-order valence-electron chi connectivity index (χ0n) is 14.5. The lowest BCUT2D eigenvalue weighted by Gasteiger charge is -2.14. The number of nitrogens with one attached hydrogen (secondary N) is 1. The maximum atomic E-state index is 12.0. The van der Waals surface area contributed by atoms with E-state index in [-0.39, 0.29) is 17.1 Å². The Labute approximate surface area is 166 Å². The van der Waals surface area contributed by atoms with Crippen molar-refractivity contribution in [2.24, 2.45) is 0 Å². The lowest BCUT2D eigenvalue weighted by molar-refractivity contribution is 0.467. The standard InChI is InChI=1S/C17H14N4O6S2/c22-28(23,24)16-13(7-6-12-4-2-1-3-5-12)8-9-14(17(16)29(25,26)27)19-15-10-11-18-21-20-15/h1-11H,(H,18,19,20)(H,22,23,24)(H,25,26,27). The van der Waals surface area contributed by atoms with Gasteiger partial charge in [0.25, 0.3) is 20.2 Å². The van der Waals surface area contributed by atoms with Gasteiger partial charge in [-0.25, -0.2) is 0 Å². The molecule has 0 saturated carbocycles. The summed E-state index contributed by atoms with van der Waals surface area (Å²) in [6.07, 6.45) is 4.10. The second kappa shape index (κ2) is 8.05. The number of hydrogen-bond acceptors (Lipinski definition) is 8. The second-order valence-electron chi connectivity index (χ2n) is 5.69. The molecule has 1 heterocycles. The normalized spacial score (nSPS) is 12.2. The molecular formula is C17H14N4O6S2. The molecule has 0 unspecified atom stereocenters. The van der Waals surface area contributed by atoms with Crippen molar-refractivity contribution in [1.82, 2.24) is 15.4 Å². The summed E-state index contributed by atoms with van der Waals surface area (Å²) in [5.74, 6) is 0.0405. The molecule has 0 spiro atoms. The van der Waals surface area contributed by atoms with E-state index in [0.29, 0.717) is 5.56 Å². The van der Waals surface area contributed by atoms with Crippen LogP contribution in [0.5, 0.6) is 0 Å². The summed E-state index contributed by atoms with van der Waals surface area (Å²) in [7, 11) is -10.1. The third kappa shape index (κ3) is 5.00. The largest absolute Gasteiger partial charge is 0.337 e. The van der Waals surface area contributed by atoms with E-state index >= 15 is 0 Å². The predicted octanol–water partition coefficient (Wildman–Crippen LogP) is 2.28. The van der Waals surface area contributed by atoms with Gasteiger partial charge in [0.05, 0.1) is 11.9 Å². The van der Waals surface area contributed by atoms with Crippen molar-refractivity contribution in [3.8, 4) is 0 Å². The summed E-state index contributed by atoms with van der Waals surface area (Å²) in [6.45, 7) is 0. The number of rotatable bonds is 6. The smallest absolute Gasteiger partial charge is 0.298 e. The third-order valence-corrected chi connectivity index (χ3v) is 5.70. The first-order valence-corrected chi connectivity index (χ1v) is 10.8. The highest BCUT2D eigenvalue weighted by Gasteiger charge is 2.30. The van der Waals surface area contributed by atoms with Gasteiger partial charge in [-0.05, 0) is 22.4 Å². The molecule has 0 amide bonds. The molecular weight excluding hydrogens is 420 g/mol. The Hall–Kier alpha value is -3.19. The van der Waals surface area contributed by atoms with E-state index in [4.69, 9.17) is 0 Å². The highest BCUT2D eigenvalue weighted by molar-refractivity contribution is 7.89. The fourth-order valence-electron chi connectivity index (χ4n) is 2.53. The van der Waals surface area contributed by atoms with Gasteiger partial charge in [0, 0.05) is 6.07 Å². The predicted molar refractivity (Wildman–Crippen MR) is 105 cm³/mol. The monoisotopic (exact) mass is 434 g/mol. The molecule has 0 atom stereocenters. The highest BCUT2D eigenvalue weighted by atomic mass is 32.2. The summed E-state index contributed by atoms with van der Waals surface area (Å²) in [5, 5.41) is 13.0. The summed E-state index contributed by atoms with van der Waals surface area (Å²) in [6, 6.07) is 12.6. The Morgan fingerprint density at radius 3 is 2.10 bits per heavy atom. The van der Waals surface area contributed by atoms with Crippen molar-refractivity contribution < 1.29 is 25.9 Å². The van der Waals surface area contributed by atoms with Crippen LogP contribution in [0, 0.1) is 0 Å². The van der Waals surface area contributed by atoms with Crippen LogP contribution in [-0.4, -0.2) is 41.4 Å². The fourth-order valence-corrected chi connectivity index (χ4v) is 4.68. The third-order valence-electron chi connectivity index (χ3n) is 3.68. The summed E-state index contributed by atoms with van der Waals surface area (Å²) in [4.78, 5) is -1.99. The first-order chi connectivity index (χ1) is 13.7. The summed E-state index contributed by atoms with van der Waals surface area (Å²) < 4.78 is 67.4. The van der Waals surface area contributed by atoms with Gasteiger partial charge in [-0.2, -0.15) is 16.8 Å². The van der Waals surface area contributed by atoms with Gasteiger partial charge in [-0.3, -0.25) is 9.11 Å². The molecule has 0 aliphatic heterocycles. The molecule has 0 saturated heterocycles. The molecule has 3 N–H and O–H groups in total. The molecule has 0 radical (unpaired) electrons. The van der Waals surface area contributed by atoms with Gasteiger partial charge in [-0.15, -0.1) is 10.2 Å². The quantitative estimate of drug-likeness (QED) is 0.388. The van der Waals surface area contributed by atoms with Crippen LogP contribution in [0.15, 0.2) is 64.5 Å². The minimum absolute atomic E-state index is 0.0405. The Bertz CT molecular complexity index is 1260. The first kappa shape index (κ1) is 20.5. The molecule has 10 nitrogen and oxygen atoms in total. The molecule has 150 valence electrons. The van der Waals surface area contributed by atoms with Gasteiger partial charge in [0.15, 0.2) is 5.82 Å². The van der Waals surface area contributed by atoms with Crippen molar-refractivity contribution in [2.45, 2.75) is 9.79 Å². The molecule has 3 rings (SSSR count). The average molecular weight is 434 g/mol. The first-order valence-electron chi connectivity index (χ1n) is 7.93. The van der Waals surface area contributed by atoms with Crippen molar-refractivity contribution in [3.05, 3.63) is 65.9 Å². The number of nitrogens with zero attached hydrogens (tertiary/aromatic N) is 3. The van der Waals surface area contributed by atoms with Crippen LogP contribution >= 0.6 is 0 Å². The van der Waals surface area contributed by atoms with Crippen molar-refractivity contribution in [1.29, 1.82) is 0 Å². The molecule has 0 fully saturated rings. The average Bonchev–Trinajstić information content (AvgIpc) is 2.66. The van der Waals surface area contributed by atoms with Gasteiger partial charge < -0.3 is 5.32 Å². The minimum Gasteiger partial charge on any atom is -0.337 e. The second-order valence-corrected chi connectivity index (χ2v) is 8.40. The van der Waals surface area contributed by atoms with Crippen LogP contribution < -0.4 is 5.32 Å². The molecule has 12 heteroatoms. The van der Waals surface area contributed by atoms with E-state index in [1.54, 1.807) is 30.3 Å². The van der Waals surface area contributed by atoms with E-state index in [1.165, 1.54) is 36.5 Å². The van der Waals surface area contributed by atoms with Crippen molar-refractivity contribution in [2.75, 3.05) is 5.32 Å². The van der Waals surface area contributed by atoms with Crippen LogP contribution in [0.4, 0.5) is 11.5 Å². The maximum absolute atomic E-state index is 12.0. The van der Waals surface area contributed by atoms with E-state index in [9.17, 15) is 25.9 Å². The topological polar surface area (TPSA) is 159 Å². The maximum Gasteiger partial charge on any atom is 0.298 e. The minimum atomic E-state index is -5.07. The van der Waals surface area contributed by atoms with E-state index in [2.05, 4.69) is 20.7 Å². The molecule has 1 aromatic heterocycles. The Balaban J connectivity index is 2.22. The van der Waals surface area contributed by atoms with Gasteiger partial charge in [-0.1, -0.05) is 48.6 Å². The molecule has 3 aromatic rings. The van der Waals surface area contributed by atoms with E-state index < -0.39 is 30.0 Å². The lowest BCUT2D eigenvalue weighted by Crippen LogP contribution is -2.13. The van der Waals surface area contributed by atoms with Crippen LogP contribution in [0.3, 0.4) is 0 Å². The molecule has 2 aromatic carbocycles. The Morgan fingerprint density at radius 1 is 0.828 bits per heavy atom. The zero-order chi connectivity index (χ0) is 21.1. The van der Waals surface area contributed by atoms with Crippen molar-refractivity contribution in [3.63, 3.8) is 0 Å². The number of benzene rings is 2. The molecule has 0 bridgehead atoms.